The lowest BCUT2D eigenvalue weighted by Gasteiger charge is -2.39. The fourth-order valence-electron chi connectivity index (χ4n) is 4.80. The van der Waals surface area contributed by atoms with Crippen LogP contribution in [-0.2, 0) is 9.53 Å². The summed E-state index contributed by atoms with van der Waals surface area (Å²) >= 11 is 0. The number of methoxy groups -OCH3 is 2. The topological polar surface area (TPSA) is 84.1 Å². The number of likely N-dealkylation sites (N-methyl/N-ethyl adjacent to an activating group) is 1. The van der Waals surface area contributed by atoms with E-state index in [0.717, 1.165) is 16.6 Å². The second-order valence-electron chi connectivity index (χ2n) is 8.27. The fourth-order valence-corrected chi connectivity index (χ4v) is 4.80. The molecule has 2 heterocycles. The van der Waals surface area contributed by atoms with Crippen LogP contribution in [0.25, 0.3) is 10.9 Å². The van der Waals surface area contributed by atoms with Crippen molar-refractivity contribution < 1.29 is 23.8 Å². The number of carbonyl (C=O) groups is 2. The van der Waals surface area contributed by atoms with Gasteiger partial charge in [0.2, 0.25) is 5.91 Å². The van der Waals surface area contributed by atoms with Crippen molar-refractivity contribution in [2.45, 2.75) is 39.2 Å². The first-order valence-corrected chi connectivity index (χ1v) is 11.5. The number of aromatic amines is 1. The average Bonchev–Trinajstić information content (AvgIpc) is 3.27. The van der Waals surface area contributed by atoms with Gasteiger partial charge in [0.1, 0.15) is 0 Å². The normalized spacial score (nSPS) is 17.3. The van der Waals surface area contributed by atoms with Crippen molar-refractivity contribution in [1.29, 1.82) is 0 Å². The molecule has 2 unspecified atom stereocenters. The Balaban J connectivity index is 1.82. The summed E-state index contributed by atoms with van der Waals surface area (Å²) in [5.74, 6) is 0.493. The monoisotopic (exact) mass is 465 g/mol. The van der Waals surface area contributed by atoms with Crippen molar-refractivity contribution in [2.24, 2.45) is 0 Å². The Morgan fingerprint density at radius 1 is 1.12 bits per heavy atom. The quantitative estimate of drug-likeness (QED) is 0.549. The molecule has 34 heavy (non-hydrogen) atoms. The molecule has 0 saturated carbocycles. The van der Waals surface area contributed by atoms with Gasteiger partial charge in [0.05, 0.1) is 38.1 Å². The number of H-pyrrole nitrogens is 1. The van der Waals surface area contributed by atoms with Crippen LogP contribution in [0.5, 0.6) is 11.5 Å². The van der Waals surface area contributed by atoms with Gasteiger partial charge >= 0.3 is 6.09 Å². The summed E-state index contributed by atoms with van der Waals surface area (Å²) in [6.45, 7) is 6.44. The lowest BCUT2D eigenvalue weighted by atomic mass is 9.84. The predicted molar refractivity (Wildman–Crippen MR) is 132 cm³/mol. The Morgan fingerprint density at radius 2 is 1.82 bits per heavy atom. The van der Waals surface area contributed by atoms with Crippen LogP contribution in [-0.4, -0.2) is 50.4 Å². The van der Waals surface area contributed by atoms with Crippen LogP contribution < -0.4 is 19.3 Å². The van der Waals surface area contributed by atoms with E-state index in [1.807, 2.05) is 44.3 Å². The van der Waals surface area contributed by atoms with Gasteiger partial charge in [-0.25, -0.2) is 4.79 Å². The lowest BCUT2D eigenvalue weighted by Crippen LogP contribution is -2.47. The van der Waals surface area contributed by atoms with Gasteiger partial charge in [0.25, 0.3) is 0 Å². The number of para-hydroxylation sites is 1. The molecule has 2 amide bonds. The number of ether oxygens (including phenoxy) is 3. The maximum atomic E-state index is 14.0. The standard InChI is InChI=1S/C26H31N3O5/c1-6-28(22-15-27-20-11-9-8-10-17(20)22)25(30)19-12-16(3)29(26(31)34-7-2)21-14-24(33-5)23(32-4)13-18(19)21/h8-11,13-16,19,27H,6-7,12H2,1-5H3. The largest absolute Gasteiger partial charge is 0.493 e. The molecule has 4 rings (SSSR count). The number of carbonyl (C=O) groups excluding carboxylic acids is 2. The van der Waals surface area contributed by atoms with Crippen molar-refractivity contribution >= 4 is 34.3 Å². The first-order chi connectivity index (χ1) is 16.4. The van der Waals surface area contributed by atoms with E-state index in [1.54, 1.807) is 43.1 Å². The minimum absolute atomic E-state index is 0.0314. The highest BCUT2D eigenvalue weighted by Crippen LogP contribution is 2.46. The molecule has 2 atom stereocenters. The molecule has 2 aromatic carbocycles. The molecule has 0 saturated heterocycles. The van der Waals surface area contributed by atoms with Crippen molar-refractivity contribution in [3.05, 3.63) is 48.2 Å². The highest BCUT2D eigenvalue weighted by atomic mass is 16.6. The maximum absolute atomic E-state index is 14.0. The number of fused-ring (bicyclic) bond motifs is 2. The molecule has 180 valence electrons. The highest BCUT2D eigenvalue weighted by molar-refractivity contribution is 6.07. The van der Waals surface area contributed by atoms with Gasteiger partial charge in [-0.15, -0.1) is 0 Å². The van der Waals surface area contributed by atoms with Crippen LogP contribution >= 0.6 is 0 Å². The van der Waals surface area contributed by atoms with Gasteiger partial charge in [-0.05, 0) is 44.9 Å². The summed E-state index contributed by atoms with van der Waals surface area (Å²) < 4.78 is 16.3. The number of hydrogen-bond acceptors (Lipinski definition) is 5. The fraction of sp³-hybridized carbons (Fsp3) is 0.385. The molecule has 1 aliphatic rings. The first kappa shape index (κ1) is 23.5. The van der Waals surface area contributed by atoms with E-state index < -0.39 is 12.0 Å². The van der Waals surface area contributed by atoms with E-state index in [1.165, 1.54) is 0 Å². The van der Waals surface area contributed by atoms with Gasteiger partial charge in [0, 0.05) is 35.8 Å². The molecule has 1 aromatic heterocycles. The number of nitrogens with zero attached hydrogens (tertiary/aromatic N) is 2. The summed E-state index contributed by atoms with van der Waals surface area (Å²) in [7, 11) is 3.10. The summed E-state index contributed by atoms with van der Waals surface area (Å²) in [4.78, 5) is 33.6. The molecular formula is C26H31N3O5. The van der Waals surface area contributed by atoms with Crippen molar-refractivity contribution in [2.75, 3.05) is 37.2 Å². The summed E-state index contributed by atoms with van der Waals surface area (Å²) in [6, 6.07) is 11.2. The third-order valence-electron chi connectivity index (χ3n) is 6.39. The summed E-state index contributed by atoms with van der Waals surface area (Å²) in [6.07, 6.45) is 1.89. The van der Waals surface area contributed by atoms with Crippen LogP contribution in [0, 0.1) is 0 Å². The number of hydrogen-bond donors (Lipinski definition) is 1. The SMILES string of the molecule is CCOC(=O)N1c2cc(OC)c(OC)cc2C(C(=O)N(CC)c2c[nH]c3ccccc23)CC1C. The van der Waals surface area contributed by atoms with Crippen LogP contribution in [0.2, 0.25) is 0 Å². The molecule has 3 aromatic rings. The van der Waals surface area contributed by atoms with E-state index in [-0.39, 0.29) is 18.6 Å². The van der Waals surface area contributed by atoms with E-state index in [0.29, 0.717) is 35.7 Å². The molecule has 0 bridgehead atoms. The number of aromatic nitrogens is 1. The van der Waals surface area contributed by atoms with E-state index in [4.69, 9.17) is 14.2 Å². The second-order valence-corrected chi connectivity index (χ2v) is 8.27. The Hall–Kier alpha value is -3.68. The number of nitrogens with one attached hydrogen (secondary N) is 1. The van der Waals surface area contributed by atoms with Gasteiger partial charge in [-0.3, -0.25) is 9.69 Å². The Labute approximate surface area is 199 Å². The molecule has 1 aliphatic heterocycles. The number of amides is 2. The van der Waals surface area contributed by atoms with Gasteiger partial charge in [-0.1, -0.05) is 18.2 Å². The highest BCUT2D eigenvalue weighted by Gasteiger charge is 2.40. The summed E-state index contributed by atoms with van der Waals surface area (Å²) in [5.41, 5.74) is 3.13. The molecule has 0 radical (unpaired) electrons. The van der Waals surface area contributed by atoms with Crippen LogP contribution in [0.1, 0.15) is 38.7 Å². The Morgan fingerprint density at radius 3 is 2.50 bits per heavy atom. The third-order valence-corrected chi connectivity index (χ3v) is 6.39. The summed E-state index contributed by atoms with van der Waals surface area (Å²) in [5, 5.41) is 0.988. The lowest BCUT2D eigenvalue weighted by molar-refractivity contribution is -0.120. The van der Waals surface area contributed by atoms with Crippen LogP contribution in [0.15, 0.2) is 42.6 Å². The van der Waals surface area contributed by atoms with Crippen LogP contribution in [0.4, 0.5) is 16.2 Å². The molecule has 8 nitrogen and oxygen atoms in total. The molecular weight excluding hydrogens is 434 g/mol. The zero-order valence-corrected chi connectivity index (χ0v) is 20.3. The zero-order valence-electron chi connectivity index (χ0n) is 20.3. The molecule has 1 N–H and O–H groups in total. The second kappa shape index (κ2) is 9.67. The van der Waals surface area contributed by atoms with Gasteiger partial charge < -0.3 is 24.1 Å². The Kier molecular flexibility index (Phi) is 6.68. The van der Waals surface area contributed by atoms with E-state index >= 15 is 0 Å². The van der Waals surface area contributed by atoms with Gasteiger partial charge in [-0.2, -0.15) is 0 Å². The van der Waals surface area contributed by atoms with Crippen molar-refractivity contribution in [3.8, 4) is 11.5 Å². The third kappa shape index (κ3) is 3.93. The molecule has 8 heteroatoms. The van der Waals surface area contributed by atoms with Crippen LogP contribution in [0.3, 0.4) is 0 Å². The van der Waals surface area contributed by atoms with Crippen molar-refractivity contribution in [3.63, 3.8) is 0 Å². The molecule has 0 fully saturated rings. The zero-order chi connectivity index (χ0) is 24.4. The Bertz CT molecular complexity index is 1200. The minimum atomic E-state index is -0.468. The minimum Gasteiger partial charge on any atom is -0.493 e. The predicted octanol–water partition coefficient (Wildman–Crippen LogP) is 5.08. The van der Waals surface area contributed by atoms with Crippen molar-refractivity contribution in [1.82, 2.24) is 4.98 Å². The van der Waals surface area contributed by atoms with E-state index in [9.17, 15) is 9.59 Å². The average molecular weight is 466 g/mol. The van der Waals surface area contributed by atoms with E-state index in [2.05, 4.69) is 4.98 Å². The molecule has 0 spiro atoms. The first-order valence-electron chi connectivity index (χ1n) is 11.5. The number of rotatable bonds is 6. The maximum Gasteiger partial charge on any atom is 0.414 e. The van der Waals surface area contributed by atoms with Gasteiger partial charge in [0.15, 0.2) is 11.5 Å². The smallest absolute Gasteiger partial charge is 0.414 e. The number of anilines is 2. The number of benzene rings is 2. The molecule has 0 aliphatic carbocycles.